The number of rotatable bonds is 13. The molecule has 0 unspecified atom stereocenters. The van der Waals surface area contributed by atoms with Crippen molar-refractivity contribution >= 4 is 17.9 Å². The zero-order chi connectivity index (χ0) is 41.1. The maximum atomic E-state index is 11.6. The first kappa shape index (κ1) is 39.0. The van der Waals surface area contributed by atoms with E-state index in [0.717, 1.165) is 28.1 Å². The molecule has 8 rings (SSSR count). The second-order valence-corrected chi connectivity index (χ2v) is 13.0. The number of para-hydroxylation sites is 2. The molecule has 12 nitrogen and oxygen atoms in total. The zero-order valence-corrected chi connectivity index (χ0v) is 31.3. The van der Waals surface area contributed by atoms with Gasteiger partial charge < -0.3 is 24.8 Å². The summed E-state index contributed by atoms with van der Waals surface area (Å²) in [4.78, 5) is 34.3. The normalized spacial score (nSPS) is 10.6. The number of hydrogen-bond acceptors (Lipinski definition) is 7. The molecule has 0 fully saturated rings. The molecule has 0 saturated carbocycles. The van der Waals surface area contributed by atoms with Crippen LogP contribution in [0.4, 0.5) is 0 Å². The van der Waals surface area contributed by atoms with Crippen molar-refractivity contribution in [3.63, 3.8) is 0 Å². The Balaban J connectivity index is 0.000000180. The van der Waals surface area contributed by atoms with Gasteiger partial charge in [-0.1, -0.05) is 97.1 Å². The van der Waals surface area contributed by atoms with Gasteiger partial charge in [0.05, 0.1) is 40.1 Å². The summed E-state index contributed by atoms with van der Waals surface area (Å²) in [5, 5.41) is 36.6. The Kier molecular flexibility index (Phi) is 12.0. The smallest absolute Gasteiger partial charge is 0.356 e. The molecule has 6 aromatic carbocycles. The van der Waals surface area contributed by atoms with Crippen LogP contribution in [-0.2, 0) is 13.2 Å². The summed E-state index contributed by atoms with van der Waals surface area (Å²) in [5.41, 5.74) is 6.14. The van der Waals surface area contributed by atoms with E-state index >= 15 is 0 Å². The van der Waals surface area contributed by atoms with Crippen LogP contribution in [0.1, 0.15) is 42.3 Å². The SMILES string of the molecule is O=C(O)c1cccc(-n2nc(C(=O)O)cc2-c2ccccc2OCc2ccccc2)c1.O=C(O)c1cccc(-n2nccc2-c2ccccc2OCc2ccccc2)c1. The summed E-state index contributed by atoms with van der Waals surface area (Å²) in [7, 11) is 0. The van der Waals surface area contributed by atoms with Gasteiger partial charge >= 0.3 is 17.9 Å². The van der Waals surface area contributed by atoms with E-state index in [-0.39, 0.29) is 16.8 Å². The van der Waals surface area contributed by atoms with Crippen molar-refractivity contribution in [2.24, 2.45) is 0 Å². The number of nitrogens with zero attached hydrogens (tertiary/aromatic N) is 4. The van der Waals surface area contributed by atoms with Crippen LogP contribution in [0.3, 0.4) is 0 Å². The Morgan fingerprint density at radius 3 is 1.46 bits per heavy atom. The van der Waals surface area contributed by atoms with Crippen molar-refractivity contribution in [2.75, 3.05) is 0 Å². The zero-order valence-electron chi connectivity index (χ0n) is 31.3. The number of hydrogen-bond donors (Lipinski definition) is 3. The lowest BCUT2D eigenvalue weighted by Crippen LogP contribution is -2.05. The Labute approximate surface area is 338 Å². The molecule has 0 atom stereocenters. The maximum absolute atomic E-state index is 11.6. The van der Waals surface area contributed by atoms with Crippen LogP contribution < -0.4 is 9.47 Å². The molecule has 0 radical (unpaired) electrons. The molecule has 0 bridgehead atoms. The van der Waals surface area contributed by atoms with Crippen molar-refractivity contribution in [1.82, 2.24) is 19.6 Å². The highest BCUT2D eigenvalue weighted by molar-refractivity contribution is 5.90. The van der Waals surface area contributed by atoms with E-state index in [1.807, 2.05) is 109 Å². The second kappa shape index (κ2) is 18.1. The molecule has 0 amide bonds. The highest BCUT2D eigenvalue weighted by Gasteiger charge is 2.20. The summed E-state index contributed by atoms with van der Waals surface area (Å²) in [6, 6.07) is 50.8. The van der Waals surface area contributed by atoms with Crippen molar-refractivity contribution in [3.8, 4) is 45.4 Å². The number of benzene rings is 6. The van der Waals surface area contributed by atoms with Crippen LogP contribution in [0.15, 0.2) is 176 Å². The molecule has 0 spiro atoms. The Morgan fingerprint density at radius 1 is 0.475 bits per heavy atom. The van der Waals surface area contributed by atoms with Gasteiger partial charge in [-0.2, -0.15) is 10.2 Å². The minimum absolute atomic E-state index is 0.0736. The van der Waals surface area contributed by atoms with Gasteiger partial charge in [0.2, 0.25) is 0 Å². The van der Waals surface area contributed by atoms with Gasteiger partial charge in [-0.05, 0) is 83.9 Å². The number of ether oxygens (including phenoxy) is 2. The Bertz CT molecular complexity index is 2730. The van der Waals surface area contributed by atoms with Gasteiger partial charge in [0.1, 0.15) is 24.7 Å². The van der Waals surface area contributed by atoms with Gasteiger partial charge in [0.15, 0.2) is 5.69 Å². The lowest BCUT2D eigenvalue weighted by atomic mass is 10.1. The van der Waals surface area contributed by atoms with Crippen molar-refractivity contribution < 1.29 is 39.2 Å². The maximum Gasteiger partial charge on any atom is 0.356 e. The fourth-order valence-corrected chi connectivity index (χ4v) is 6.21. The quantitative estimate of drug-likeness (QED) is 0.103. The predicted molar refractivity (Wildman–Crippen MR) is 220 cm³/mol. The Hall–Kier alpha value is -8.25. The average Bonchev–Trinajstić information content (AvgIpc) is 3.95. The standard InChI is InChI=1S/C24H18N2O5.C23H18N2O3/c27-23(28)17-9-6-10-18(13-17)26-21(14-20(25-26)24(29)30)19-11-4-5-12-22(19)31-15-16-7-2-1-3-8-16;26-23(27)18-9-6-10-19(15-18)25-21(13-14-24-25)20-11-4-5-12-22(20)28-16-17-7-2-1-3-8-17/h1-14H,15H2,(H,27,28)(H,29,30);1-15H,16H2,(H,26,27). The minimum atomic E-state index is -1.18. The van der Waals surface area contributed by atoms with Crippen LogP contribution in [0.5, 0.6) is 11.5 Å². The predicted octanol–water partition coefficient (Wildman–Crippen LogP) is 9.33. The summed E-state index contributed by atoms with van der Waals surface area (Å²) in [6.45, 7) is 0.798. The third kappa shape index (κ3) is 9.42. The number of aromatic nitrogens is 4. The van der Waals surface area contributed by atoms with Crippen LogP contribution in [-0.4, -0.2) is 52.8 Å². The van der Waals surface area contributed by atoms with E-state index in [2.05, 4.69) is 10.2 Å². The largest absolute Gasteiger partial charge is 0.488 e. The van der Waals surface area contributed by atoms with E-state index in [0.29, 0.717) is 41.6 Å². The summed E-state index contributed by atoms with van der Waals surface area (Å²) in [6.07, 6.45) is 1.69. The summed E-state index contributed by atoms with van der Waals surface area (Å²) in [5.74, 6) is -1.94. The molecule has 0 aliphatic heterocycles. The van der Waals surface area contributed by atoms with Gasteiger partial charge in [-0.25, -0.2) is 23.7 Å². The number of aromatic carboxylic acids is 3. The number of carboxylic acids is 3. The number of carboxylic acid groups (broad SMARTS) is 3. The minimum Gasteiger partial charge on any atom is -0.488 e. The van der Waals surface area contributed by atoms with Crippen molar-refractivity contribution in [2.45, 2.75) is 13.2 Å². The van der Waals surface area contributed by atoms with E-state index in [9.17, 15) is 29.7 Å². The Morgan fingerprint density at radius 2 is 0.949 bits per heavy atom. The van der Waals surface area contributed by atoms with E-state index in [4.69, 9.17) is 9.47 Å². The van der Waals surface area contributed by atoms with E-state index in [1.165, 1.54) is 22.9 Å². The van der Waals surface area contributed by atoms with Gasteiger partial charge in [-0.15, -0.1) is 0 Å². The van der Waals surface area contributed by atoms with E-state index in [1.54, 1.807) is 53.3 Å². The molecule has 0 aliphatic carbocycles. The molecule has 59 heavy (non-hydrogen) atoms. The van der Waals surface area contributed by atoms with E-state index < -0.39 is 17.9 Å². The topological polar surface area (TPSA) is 166 Å². The molecule has 0 aliphatic rings. The van der Waals surface area contributed by atoms with Crippen LogP contribution in [0.25, 0.3) is 33.9 Å². The molecule has 8 aromatic rings. The lowest BCUT2D eigenvalue weighted by Gasteiger charge is -2.13. The molecule has 2 aromatic heterocycles. The van der Waals surface area contributed by atoms with Crippen LogP contribution in [0.2, 0.25) is 0 Å². The highest BCUT2D eigenvalue weighted by atomic mass is 16.5. The molecule has 2 heterocycles. The lowest BCUT2D eigenvalue weighted by molar-refractivity contribution is 0.0681. The van der Waals surface area contributed by atoms with Crippen molar-refractivity contribution in [1.29, 1.82) is 0 Å². The fourth-order valence-electron chi connectivity index (χ4n) is 6.21. The van der Waals surface area contributed by atoms with Crippen LogP contribution in [0, 0.1) is 0 Å². The van der Waals surface area contributed by atoms with Gasteiger partial charge in [-0.3, -0.25) is 0 Å². The first-order valence-corrected chi connectivity index (χ1v) is 18.3. The molecule has 0 saturated heterocycles. The molecule has 3 N–H and O–H groups in total. The average molecular weight is 785 g/mol. The van der Waals surface area contributed by atoms with Gasteiger partial charge in [0, 0.05) is 11.1 Å². The molecule has 292 valence electrons. The van der Waals surface area contributed by atoms with Crippen LogP contribution >= 0.6 is 0 Å². The summed E-state index contributed by atoms with van der Waals surface area (Å²) >= 11 is 0. The highest BCUT2D eigenvalue weighted by Crippen LogP contribution is 2.34. The second-order valence-electron chi connectivity index (χ2n) is 13.0. The first-order chi connectivity index (χ1) is 28.7. The molecular formula is C47H36N4O8. The monoisotopic (exact) mass is 784 g/mol. The van der Waals surface area contributed by atoms with Gasteiger partial charge in [0.25, 0.3) is 0 Å². The third-order valence-corrected chi connectivity index (χ3v) is 9.05. The summed E-state index contributed by atoms with van der Waals surface area (Å²) < 4.78 is 15.2. The fraction of sp³-hybridized carbons (Fsp3) is 0.0426. The molecule has 12 heteroatoms. The van der Waals surface area contributed by atoms with Crippen molar-refractivity contribution in [3.05, 3.63) is 204 Å². The first-order valence-electron chi connectivity index (χ1n) is 18.3. The number of carbonyl (C=O) groups is 3. The molecular weight excluding hydrogens is 749 g/mol. The third-order valence-electron chi connectivity index (χ3n) is 9.05.